The molecule has 0 fully saturated rings. The first-order valence-corrected chi connectivity index (χ1v) is 7.15. The van der Waals surface area contributed by atoms with Crippen LogP contribution in [0.5, 0.6) is 0 Å². The van der Waals surface area contributed by atoms with Gasteiger partial charge in [0.2, 0.25) is 5.51 Å². The number of nitrogen functional groups attached to an aromatic ring is 1. The number of thiazole rings is 1. The first-order valence-electron chi connectivity index (χ1n) is 5.94. The van der Waals surface area contributed by atoms with Crippen molar-refractivity contribution in [2.24, 2.45) is 0 Å². The molecule has 0 saturated heterocycles. The van der Waals surface area contributed by atoms with Crippen molar-refractivity contribution >= 4 is 29.0 Å². The maximum Gasteiger partial charge on any atom is 0.225 e. The molecule has 2 aromatic rings. The average molecular weight is 353 g/mol. The zero-order valence-corrected chi connectivity index (χ0v) is 14.1. The van der Waals surface area contributed by atoms with Gasteiger partial charge in [-0.25, -0.2) is 9.97 Å². The number of hydrogen-bond acceptors (Lipinski definition) is 6. The van der Waals surface area contributed by atoms with Crippen LogP contribution in [0.4, 0.5) is 5.82 Å². The summed E-state index contributed by atoms with van der Waals surface area (Å²) in [6.45, 7) is 4.71. The Morgan fingerprint density at radius 3 is 2.62 bits per heavy atom. The molecule has 0 amide bonds. The van der Waals surface area contributed by atoms with Crippen molar-refractivity contribution in [3.05, 3.63) is 33.7 Å². The van der Waals surface area contributed by atoms with Crippen LogP contribution >= 0.6 is 23.2 Å². The second-order valence-electron chi connectivity index (χ2n) is 4.16. The minimum atomic E-state index is 0. The van der Waals surface area contributed by atoms with Crippen LogP contribution < -0.4 is 22.7 Å². The van der Waals surface area contributed by atoms with Crippen LogP contribution in [0.2, 0.25) is 0 Å². The molecule has 0 aliphatic rings. The van der Waals surface area contributed by atoms with E-state index in [4.69, 9.17) is 15.5 Å². The maximum atomic E-state index is 8.98. The molecule has 0 aromatic carbocycles. The highest BCUT2D eigenvalue weighted by Gasteiger charge is 2.16. The van der Waals surface area contributed by atoms with Gasteiger partial charge in [-0.15, -0.1) is 0 Å². The molecule has 2 rings (SSSR count). The Kier molecular flexibility index (Phi) is 9.39. The summed E-state index contributed by atoms with van der Waals surface area (Å²) >= 11 is 5.29. The van der Waals surface area contributed by atoms with Gasteiger partial charge in [-0.3, -0.25) is 4.66 Å². The molecule has 0 aliphatic heterocycles. The first kappa shape index (κ1) is 20.0. The Morgan fingerprint density at radius 2 is 2.05 bits per heavy atom. The van der Waals surface area contributed by atoms with Crippen molar-refractivity contribution in [3.63, 3.8) is 0 Å². The predicted molar refractivity (Wildman–Crippen MR) is 78.4 cm³/mol. The molecule has 0 radical (unpaired) electrons. The van der Waals surface area contributed by atoms with Crippen molar-refractivity contribution in [1.29, 1.82) is 0 Å². The van der Waals surface area contributed by atoms with E-state index in [9.17, 15) is 0 Å². The van der Waals surface area contributed by atoms with Crippen LogP contribution in [-0.2, 0) is 13.0 Å². The molecule has 21 heavy (non-hydrogen) atoms. The van der Waals surface area contributed by atoms with E-state index in [1.165, 1.54) is 4.88 Å². The van der Waals surface area contributed by atoms with Gasteiger partial charge in [0.15, 0.2) is 12.2 Å². The topological polar surface area (TPSA) is 96.1 Å². The zero-order valence-electron chi connectivity index (χ0n) is 11.8. The van der Waals surface area contributed by atoms with Crippen LogP contribution in [0.1, 0.15) is 22.0 Å². The summed E-state index contributed by atoms with van der Waals surface area (Å²) < 4.78 is 8.58. The van der Waals surface area contributed by atoms with E-state index in [1.807, 2.05) is 19.4 Å². The molecule has 0 spiro atoms. The largest absolute Gasteiger partial charge is 1.00 e. The van der Waals surface area contributed by atoms with Gasteiger partial charge in [-0.2, -0.15) is 4.57 Å². The quantitative estimate of drug-likeness (QED) is 0.540. The summed E-state index contributed by atoms with van der Waals surface area (Å²) in [7, 11) is 0. The molecule has 0 aliphatic carbocycles. The van der Waals surface area contributed by atoms with Gasteiger partial charge in [-0.1, -0.05) is 11.3 Å². The molecular weight excluding hydrogens is 335 g/mol. The molecule has 0 atom stereocenters. The van der Waals surface area contributed by atoms with Crippen molar-refractivity contribution in [1.82, 2.24) is 9.97 Å². The predicted octanol–water partition coefficient (Wildman–Crippen LogP) is -2.26. The number of aliphatic hydroxyl groups is 1. The summed E-state index contributed by atoms with van der Waals surface area (Å²) in [5.41, 5.74) is 10.0. The third kappa shape index (κ3) is 5.37. The molecule has 9 heteroatoms. The van der Waals surface area contributed by atoms with Crippen molar-refractivity contribution in [3.8, 4) is 0 Å². The lowest BCUT2D eigenvalue weighted by Crippen LogP contribution is -3.00. The van der Waals surface area contributed by atoms with Gasteiger partial charge in [-0.05, 0) is 6.92 Å². The number of aromatic nitrogens is 3. The summed E-state index contributed by atoms with van der Waals surface area (Å²) in [5, 5.41) is 8.98. The van der Waals surface area contributed by atoms with Crippen LogP contribution in [0.3, 0.4) is 0 Å². The lowest BCUT2D eigenvalue weighted by molar-refractivity contribution is -0.689. The smallest absolute Gasteiger partial charge is 0.225 e. The highest BCUT2D eigenvalue weighted by atomic mass is 35.5. The molecule has 0 saturated carbocycles. The summed E-state index contributed by atoms with van der Waals surface area (Å²) in [6.07, 6.45) is 2.47. The van der Waals surface area contributed by atoms with Gasteiger partial charge in [0.25, 0.3) is 0 Å². The molecule has 118 valence electrons. The number of nitrogens with two attached hydrogens (primary N) is 1. The van der Waals surface area contributed by atoms with E-state index in [-0.39, 0.29) is 19.0 Å². The Bertz CT molecular complexity index is 566. The summed E-state index contributed by atoms with van der Waals surface area (Å²) in [6, 6.07) is 0. The van der Waals surface area contributed by atoms with E-state index < -0.39 is 0 Å². The summed E-state index contributed by atoms with van der Waals surface area (Å²) in [4.78, 5) is 9.53. The average Bonchev–Trinajstić information content (AvgIpc) is 2.77. The molecule has 2 heterocycles. The number of aliphatic hydroxyl groups excluding tert-OH is 1. The standard InChI is InChI=1S/C12H17N4OS.ClHO.ClH/c1-8-11(3-4-17)18-7-16(8)6-10-5-14-9(2)15-12(10)13;1-2;/h5,7,17H,3-4,6H2,1-2H3,(H2,13,14,15);2H;1H/q+1;;/p-1. The maximum absolute atomic E-state index is 8.98. The van der Waals surface area contributed by atoms with Crippen LogP contribution in [0.25, 0.3) is 0 Å². The Morgan fingerprint density at radius 1 is 1.38 bits per heavy atom. The van der Waals surface area contributed by atoms with Crippen molar-refractivity contribution in [2.45, 2.75) is 26.8 Å². The Labute approximate surface area is 138 Å². The third-order valence-electron chi connectivity index (χ3n) is 2.85. The van der Waals surface area contributed by atoms with Gasteiger partial charge in [0.1, 0.15) is 11.6 Å². The monoisotopic (exact) mass is 352 g/mol. The first-order chi connectivity index (χ1) is 9.61. The van der Waals surface area contributed by atoms with E-state index >= 15 is 0 Å². The number of aryl methyl sites for hydroxylation is 1. The number of hydrogen-bond donors (Lipinski definition) is 3. The second-order valence-corrected chi connectivity index (χ2v) is 5.10. The van der Waals surface area contributed by atoms with Crippen LogP contribution in [0, 0.1) is 13.8 Å². The summed E-state index contributed by atoms with van der Waals surface area (Å²) in [5.74, 6) is 1.22. The number of nitrogens with zero attached hydrogens (tertiary/aromatic N) is 3. The highest BCUT2D eigenvalue weighted by molar-refractivity contribution is 7.09. The highest BCUT2D eigenvalue weighted by Crippen LogP contribution is 2.13. The van der Waals surface area contributed by atoms with Crippen molar-refractivity contribution in [2.75, 3.05) is 12.3 Å². The molecule has 0 unspecified atom stereocenters. The van der Waals surface area contributed by atoms with E-state index in [0.29, 0.717) is 24.6 Å². The SMILES string of the molecule is Cc1ncc(C[n+]2csc(CCO)c2C)c(N)n1.OCl.[Cl-]. The Hall–Kier alpha value is -0.990. The fourth-order valence-corrected chi connectivity index (χ4v) is 2.75. The number of rotatable bonds is 4. The Balaban J connectivity index is 0.00000128. The van der Waals surface area contributed by atoms with Crippen molar-refractivity contribution < 1.29 is 26.7 Å². The third-order valence-corrected chi connectivity index (χ3v) is 4.00. The lowest BCUT2D eigenvalue weighted by atomic mass is 10.2. The molecule has 4 N–H and O–H groups in total. The second kappa shape index (κ2) is 9.86. The molecule has 6 nitrogen and oxygen atoms in total. The number of halogens is 2. The minimum Gasteiger partial charge on any atom is -1.00 e. The number of anilines is 1. The molecular formula is C12H18Cl2N4O2S. The van der Waals surface area contributed by atoms with E-state index in [2.05, 4.69) is 26.4 Å². The fourth-order valence-electron chi connectivity index (χ4n) is 1.77. The van der Waals surface area contributed by atoms with Gasteiger partial charge in [0.05, 0.1) is 22.3 Å². The fraction of sp³-hybridized carbons (Fsp3) is 0.417. The normalized spacial score (nSPS) is 9.57. The molecule has 0 bridgehead atoms. The van der Waals surface area contributed by atoms with Gasteiger partial charge >= 0.3 is 0 Å². The van der Waals surface area contributed by atoms with Gasteiger partial charge < -0.3 is 23.2 Å². The zero-order chi connectivity index (χ0) is 15.1. The van der Waals surface area contributed by atoms with Crippen LogP contribution in [0.15, 0.2) is 11.7 Å². The molecule has 2 aromatic heterocycles. The van der Waals surface area contributed by atoms with E-state index in [1.54, 1.807) is 17.5 Å². The van der Waals surface area contributed by atoms with Gasteiger partial charge in [0, 0.05) is 26.1 Å². The van der Waals surface area contributed by atoms with Crippen LogP contribution in [-0.4, -0.2) is 26.3 Å². The lowest BCUT2D eigenvalue weighted by Gasteiger charge is -2.01. The van der Waals surface area contributed by atoms with E-state index in [0.717, 1.165) is 11.3 Å². The minimum absolute atomic E-state index is 0.